The molecule has 0 saturated heterocycles. The molecule has 2 heterocycles. The Balaban J connectivity index is 2.38. The van der Waals surface area contributed by atoms with E-state index in [1.807, 2.05) is 6.92 Å². The van der Waals surface area contributed by atoms with Crippen LogP contribution in [-0.4, -0.2) is 40.0 Å². The maximum atomic E-state index is 12.7. The Labute approximate surface area is 156 Å². The molecule has 1 N–H and O–H groups in total. The van der Waals surface area contributed by atoms with Crippen LogP contribution < -0.4 is 0 Å². The monoisotopic (exact) mass is 404 g/mol. The van der Waals surface area contributed by atoms with Crippen LogP contribution in [-0.2, 0) is 0 Å². The van der Waals surface area contributed by atoms with Gasteiger partial charge >= 0.3 is 0 Å². The van der Waals surface area contributed by atoms with E-state index in [4.69, 9.17) is 39.9 Å². The molecule has 0 saturated carbocycles. The lowest BCUT2D eigenvalue weighted by molar-refractivity contribution is 0.0624. The van der Waals surface area contributed by atoms with Gasteiger partial charge in [-0.05, 0) is 13.8 Å². The van der Waals surface area contributed by atoms with E-state index in [0.29, 0.717) is 16.1 Å². The summed E-state index contributed by atoms with van der Waals surface area (Å²) in [6.45, 7) is 3.14. The maximum absolute atomic E-state index is 12.7. The molecule has 0 bridgehead atoms. The largest absolute Gasteiger partial charge is 0.395 e. The van der Waals surface area contributed by atoms with E-state index >= 15 is 0 Å². The second kappa shape index (κ2) is 6.28. The summed E-state index contributed by atoms with van der Waals surface area (Å²) in [5, 5.41) is 9.98. The molecular formula is C15H11Cl3N2O3S. The molecule has 5 nitrogen and oxygen atoms in total. The Morgan fingerprint density at radius 3 is 2.12 bits per heavy atom. The second-order valence-corrected chi connectivity index (χ2v) is 7.54. The Bertz CT molecular complexity index is 895. The fourth-order valence-corrected chi connectivity index (χ4v) is 4.54. The summed E-state index contributed by atoms with van der Waals surface area (Å²) in [6.07, 6.45) is 0. The molecule has 0 aliphatic carbocycles. The average molecular weight is 406 g/mol. The molecule has 0 spiro atoms. The third kappa shape index (κ3) is 2.45. The van der Waals surface area contributed by atoms with Crippen LogP contribution in [0, 0.1) is 13.8 Å². The van der Waals surface area contributed by atoms with Crippen LogP contribution in [0.5, 0.6) is 0 Å². The highest BCUT2D eigenvalue weighted by atomic mass is 35.5. The molecule has 1 aromatic heterocycles. The van der Waals surface area contributed by atoms with Gasteiger partial charge in [0.2, 0.25) is 0 Å². The van der Waals surface area contributed by atoms with Crippen LogP contribution in [0.4, 0.5) is 0 Å². The molecule has 0 unspecified atom stereocenters. The van der Waals surface area contributed by atoms with Crippen LogP contribution in [0.25, 0.3) is 10.4 Å². The third-order valence-corrected chi connectivity index (χ3v) is 6.11. The molecule has 1 aliphatic heterocycles. The number of carbonyl (C=O) groups excluding carboxylic acids is 2. The van der Waals surface area contributed by atoms with Gasteiger partial charge in [-0.15, -0.1) is 11.3 Å². The SMILES string of the molecule is Cc1nc(C)c(-c2c(Cl)c(Cl)c(Cl)c3c2C(=O)N(CCO)C3=O)s1. The minimum absolute atomic E-state index is 0.0181. The molecule has 2 amide bonds. The lowest BCUT2D eigenvalue weighted by Crippen LogP contribution is -2.32. The quantitative estimate of drug-likeness (QED) is 0.619. The number of imide groups is 1. The van der Waals surface area contributed by atoms with Crippen molar-refractivity contribution >= 4 is 58.0 Å². The lowest BCUT2D eigenvalue weighted by Gasteiger charge is -2.12. The molecular weight excluding hydrogens is 395 g/mol. The van der Waals surface area contributed by atoms with E-state index in [1.165, 1.54) is 11.3 Å². The summed E-state index contributed by atoms with van der Waals surface area (Å²) in [5.41, 5.74) is 1.17. The number of benzene rings is 1. The van der Waals surface area contributed by atoms with Gasteiger partial charge in [-0.2, -0.15) is 0 Å². The van der Waals surface area contributed by atoms with Crippen molar-refractivity contribution in [1.29, 1.82) is 0 Å². The first kappa shape index (κ1) is 17.6. The summed E-state index contributed by atoms with van der Waals surface area (Å²) < 4.78 is 0. The number of aryl methyl sites for hydroxylation is 2. The summed E-state index contributed by atoms with van der Waals surface area (Å²) in [5.74, 6) is -1.14. The number of β-amino-alcohol motifs (C(OH)–C–C–N with tert-alkyl or cyclic N) is 1. The molecule has 0 radical (unpaired) electrons. The first-order valence-electron chi connectivity index (χ1n) is 6.91. The Morgan fingerprint density at radius 2 is 1.58 bits per heavy atom. The molecule has 0 atom stereocenters. The van der Waals surface area contributed by atoms with E-state index in [2.05, 4.69) is 4.98 Å². The fourth-order valence-electron chi connectivity index (χ4n) is 2.72. The minimum atomic E-state index is -0.590. The van der Waals surface area contributed by atoms with Crippen LogP contribution in [0.2, 0.25) is 15.1 Å². The van der Waals surface area contributed by atoms with E-state index in [1.54, 1.807) is 6.92 Å². The number of hydrogen-bond donors (Lipinski definition) is 1. The zero-order valence-corrected chi connectivity index (χ0v) is 15.7. The van der Waals surface area contributed by atoms with Gasteiger partial charge in [0, 0.05) is 5.56 Å². The number of hydrogen-bond acceptors (Lipinski definition) is 5. The highest BCUT2D eigenvalue weighted by Crippen LogP contribution is 2.48. The summed E-state index contributed by atoms with van der Waals surface area (Å²) in [6, 6.07) is 0. The van der Waals surface area contributed by atoms with E-state index in [0.717, 1.165) is 9.91 Å². The van der Waals surface area contributed by atoms with Gasteiger partial charge in [0.15, 0.2) is 0 Å². The smallest absolute Gasteiger partial charge is 0.263 e. The number of carbonyl (C=O) groups is 2. The van der Waals surface area contributed by atoms with Crippen molar-refractivity contribution in [2.45, 2.75) is 13.8 Å². The van der Waals surface area contributed by atoms with Crippen molar-refractivity contribution in [2.75, 3.05) is 13.2 Å². The van der Waals surface area contributed by atoms with Gasteiger partial charge in [0.1, 0.15) is 0 Å². The molecule has 24 heavy (non-hydrogen) atoms. The van der Waals surface area contributed by atoms with Crippen molar-refractivity contribution in [3.05, 3.63) is 36.9 Å². The first-order valence-corrected chi connectivity index (χ1v) is 8.86. The Hall–Kier alpha value is -1.18. The predicted octanol–water partition coefficient (Wildman–Crippen LogP) is 3.98. The number of rotatable bonds is 3. The van der Waals surface area contributed by atoms with Crippen molar-refractivity contribution in [1.82, 2.24) is 9.88 Å². The molecule has 2 aromatic rings. The van der Waals surface area contributed by atoms with E-state index in [9.17, 15) is 9.59 Å². The van der Waals surface area contributed by atoms with Gasteiger partial charge in [-0.3, -0.25) is 14.5 Å². The Morgan fingerprint density at radius 1 is 1.00 bits per heavy atom. The summed E-state index contributed by atoms with van der Waals surface area (Å²) >= 11 is 20.1. The molecule has 9 heteroatoms. The van der Waals surface area contributed by atoms with Crippen molar-refractivity contribution in [3.8, 4) is 10.4 Å². The topological polar surface area (TPSA) is 70.5 Å². The van der Waals surface area contributed by atoms with Crippen LogP contribution in [0.15, 0.2) is 0 Å². The molecule has 3 rings (SSSR count). The van der Waals surface area contributed by atoms with Crippen LogP contribution in [0.1, 0.15) is 31.4 Å². The number of aromatic nitrogens is 1. The Kier molecular flexibility index (Phi) is 4.61. The maximum Gasteiger partial charge on any atom is 0.263 e. The molecule has 1 aromatic carbocycles. The van der Waals surface area contributed by atoms with Crippen molar-refractivity contribution in [3.63, 3.8) is 0 Å². The van der Waals surface area contributed by atoms with Crippen LogP contribution >= 0.6 is 46.1 Å². The standard InChI is InChI=1S/C15H11Cl3N2O3S/c1-5-13(24-6(2)19-5)8-7-9(11(17)12(18)10(8)16)15(23)20(3-4-21)14(7)22/h21H,3-4H2,1-2H3. The second-order valence-electron chi connectivity index (χ2n) is 5.20. The zero-order chi connectivity index (χ0) is 17.8. The highest BCUT2D eigenvalue weighted by Gasteiger charge is 2.42. The number of thiazole rings is 1. The summed E-state index contributed by atoms with van der Waals surface area (Å²) in [4.78, 5) is 31.2. The van der Waals surface area contributed by atoms with Gasteiger partial charge in [0.05, 0.1) is 54.9 Å². The number of nitrogens with zero attached hydrogens (tertiary/aromatic N) is 2. The average Bonchev–Trinajstić information content (AvgIpc) is 2.97. The number of aliphatic hydroxyl groups is 1. The normalized spacial score (nSPS) is 13.8. The van der Waals surface area contributed by atoms with E-state index in [-0.39, 0.29) is 39.3 Å². The first-order chi connectivity index (χ1) is 11.3. The van der Waals surface area contributed by atoms with Gasteiger partial charge in [-0.1, -0.05) is 34.8 Å². The fraction of sp³-hybridized carbons (Fsp3) is 0.267. The molecule has 126 valence electrons. The summed E-state index contributed by atoms with van der Waals surface area (Å²) in [7, 11) is 0. The molecule has 0 fully saturated rings. The van der Waals surface area contributed by atoms with E-state index < -0.39 is 11.8 Å². The number of fused-ring (bicyclic) bond motifs is 1. The lowest BCUT2D eigenvalue weighted by atomic mass is 10.0. The number of amides is 2. The highest BCUT2D eigenvalue weighted by molar-refractivity contribution is 7.15. The predicted molar refractivity (Wildman–Crippen MR) is 94.5 cm³/mol. The number of halogens is 3. The van der Waals surface area contributed by atoms with Gasteiger partial charge < -0.3 is 5.11 Å². The van der Waals surface area contributed by atoms with Crippen molar-refractivity contribution < 1.29 is 14.7 Å². The van der Waals surface area contributed by atoms with Gasteiger partial charge in [0.25, 0.3) is 11.8 Å². The third-order valence-electron chi connectivity index (χ3n) is 3.70. The van der Waals surface area contributed by atoms with Crippen molar-refractivity contribution in [2.24, 2.45) is 0 Å². The molecule has 1 aliphatic rings. The zero-order valence-electron chi connectivity index (χ0n) is 12.6. The minimum Gasteiger partial charge on any atom is -0.395 e. The van der Waals surface area contributed by atoms with Gasteiger partial charge in [-0.25, -0.2) is 4.98 Å². The van der Waals surface area contributed by atoms with Crippen LogP contribution in [0.3, 0.4) is 0 Å². The number of aliphatic hydroxyl groups excluding tert-OH is 1.